The molecule has 0 aliphatic carbocycles. The lowest BCUT2D eigenvalue weighted by molar-refractivity contribution is 0.0591. The second-order valence-corrected chi connectivity index (χ2v) is 7.46. The summed E-state index contributed by atoms with van der Waals surface area (Å²) in [5, 5.41) is 0. The number of ether oxygens (including phenoxy) is 2. The largest absolute Gasteiger partial charge is 0.465 e. The van der Waals surface area contributed by atoms with E-state index in [9.17, 15) is 9.59 Å². The van der Waals surface area contributed by atoms with Gasteiger partial charge in [0.05, 0.1) is 29.8 Å². The number of carbonyl (C=O) groups excluding carboxylic acids is 2. The Morgan fingerprint density at radius 2 is 1.24 bits per heavy atom. The van der Waals surface area contributed by atoms with E-state index in [1.54, 1.807) is 13.1 Å². The van der Waals surface area contributed by atoms with Crippen molar-refractivity contribution in [3.63, 3.8) is 0 Å². The number of aryl methyl sites for hydroxylation is 1. The van der Waals surface area contributed by atoms with E-state index in [1.807, 2.05) is 20.5 Å². The van der Waals surface area contributed by atoms with Gasteiger partial charge in [0.1, 0.15) is 11.6 Å². The Hall–Kier alpha value is -2.61. The minimum atomic E-state index is -0.434. The second kappa shape index (κ2) is 13.8. The van der Waals surface area contributed by atoms with E-state index in [4.69, 9.17) is 25.2 Å². The molecule has 15 heteroatoms. The number of anilines is 2. The molecule has 0 bridgehead atoms. The highest BCUT2D eigenvalue weighted by molar-refractivity contribution is 9.10. The van der Waals surface area contributed by atoms with Gasteiger partial charge in [0.15, 0.2) is 0 Å². The van der Waals surface area contributed by atoms with E-state index in [0.717, 1.165) is 5.56 Å². The number of esters is 2. The van der Waals surface area contributed by atoms with E-state index in [1.165, 1.54) is 32.5 Å². The van der Waals surface area contributed by atoms with Crippen molar-refractivity contribution >= 4 is 60.9 Å². The fourth-order valence-electron chi connectivity index (χ4n) is 2.50. The third-order valence-corrected chi connectivity index (χ3v) is 4.59. The standard InChI is InChI=1S/C8H10N2O2.C7H7BrN2O2.C3H9B3O3/c1-5-4-10-7(9)3-6(5)8(11)12-2;1-12-7(11)4-2-6(9)10-3-5(4)8;1-4-7-5(2)9-6(3)8-4/h3-4H,1-2H3,(H2,9,10);2-3H,1H3,(H2,9,10);1-3H3. The third-order valence-electron chi connectivity index (χ3n) is 3.96. The highest BCUT2D eigenvalue weighted by Gasteiger charge is 2.31. The molecule has 3 rings (SSSR count). The maximum Gasteiger partial charge on any atom is 0.426 e. The van der Waals surface area contributed by atoms with Crippen LogP contribution in [-0.4, -0.2) is 57.5 Å². The van der Waals surface area contributed by atoms with Gasteiger partial charge in [0.25, 0.3) is 0 Å². The van der Waals surface area contributed by atoms with Crippen LogP contribution >= 0.6 is 15.9 Å². The van der Waals surface area contributed by atoms with Crippen molar-refractivity contribution in [2.75, 3.05) is 25.7 Å². The van der Waals surface area contributed by atoms with E-state index >= 15 is 0 Å². The monoisotopic (exact) mass is 522 g/mol. The van der Waals surface area contributed by atoms with Crippen LogP contribution in [0.3, 0.4) is 0 Å². The molecule has 0 spiro atoms. The summed E-state index contributed by atoms with van der Waals surface area (Å²) in [4.78, 5) is 29.7. The number of nitrogens with two attached hydrogens (primary N) is 2. The van der Waals surface area contributed by atoms with Gasteiger partial charge < -0.3 is 34.7 Å². The van der Waals surface area contributed by atoms with Crippen molar-refractivity contribution in [2.45, 2.75) is 27.4 Å². The van der Waals surface area contributed by atoms with Gasteiger partial charge in [-0.25, -0.2) is 19.6 Å². The average molecular weight is 523 g/mol. The van der Waals surface area contributed by atoms with Gasteiger partial charge in [0.2, 0.25) is 0 Å². The Bertz CT molecular complexity index is 869. The molecule has 0 radical (unpaired) electrons. The Kier molecular flexibility index (Phi) is 11.9. The predicted molar refractivity (Wildman–Crippen MR) is 131 cm³/mol. The summed E-state index contributed by atoms with van der Waals surface area (Å²) in [6, 6.07) is 2.96. The first kappa shape index (κ1) is 28.4. The quantitative estimate of drug-likeness (QED) is 0.440. The topological polar surface area (TPSA) is 158 Å². The van der Waals surface area contributed by atoms with Crippen molar-refractivity contribution < 1.29 is 32.8 Å². The smallest absolute Gasteiger partial charge is 0.426 e. The first-order valence-corrected chi connectivity index (χ1v) is 10.5. The fraction of sp³-hybridized carbons (Fsp3) is 0.333. The number of nitrogens with zero attached hydrogens (tertiary/aromatic N) is 2. The van der Waals surface area contributed by atoms with Crippen molar-refractivity contribution in [3.8, 4) is 0 Å². The Morgan fingerprint density at radius 3 is 1.70 bits per heavy atom. The Labute approximate surface area is 202 Å². The van der Waals surface area contributed by atoms with Gasteiger partial charge in [-0.3, -0.25) is 0 Å². The maximum absolute atomic E-state index is 11.1. The molecule has 0 atom stereocenters. The molecule has 1 fully saturated rings. The zero-order chi connectivity index (χ0) is 25.1. The fourth-order valence-corrected chi connectivity index (χ4v) is 2.88. The second-order valence-electron chi connectivity index (χ2n) is 6.61. The number of rotatable bonds is 2. The number of aromatic nitrogens is 2. The number of hydrogen-bond donors (Lipinski definition) is 2. The van der Waals surface area contributed by atoms with Gasteiger partial charge in [-0.15, -0.1) is 0 Å². The maximum atomic E-state index is 11.1. The molecule has 0 unspecified atom stereocenters. The minimum absolute atomic E-state index is 0.135. The molecule has 1 aliphatic rings. The van der Waals surface area contributed by atoms with E-state index < -0.39 is 5.97 Å². The molecule has 11 nitrogen and oxygen atoms in total. The van der Waals surface area contributed by atoms with Crippen molar-refractivity contribution in [3.05, 3.63) is 45.7 Å². The summed E-state index contributed by atoms with van der Waals surface area (Å²) < 4.78 is 25.0. The summed E-state index contributed by atoms with van der Waals surface area (Å²) in [5.41, 5.74) is 12.4. The van der Waals surface area contributed by atoms with Gasteiger partial charge in [-0.05, 0) is 61.0 Å². The SMILES string of the molecule is CB1OB(C)OB(C)O1.COC(=O)c1cc(N)ncc1Br.COC(=O)c1cc(N)ncc1C. The lowest BCUT2D eigenvalue weighted by atomic mass is 9.74. The average Bonchev–Trinajstić information content (AvgIpc) is 2.76. The first-order valence-electron chi connectivity index (χ1n) is 9.74. The molecule has 2 aromatic rings. The van der Waals surface area contributed by atoms with Crippen LogP contribution in [0.2, 0.25) is 20.5 Å². The van der Waals surface area contributed by atoms with E-state index in [-0.39, 0.29) is 27.3 Å². The molecular weight excluding hydrogens is 497 g/mol. The third kappa shape index (κ3) is 9.82. The predicted octanol–water partition coefficient (Wildman–Crippen LogP) is 2.38. The Balaban J connectivity index is 0.000000250. The molecule has 0 amide bonds. The number of carbonyl (C=O) groups is 2. The normalized spacial score (nSPS) is 12.6. The Morgan fingerprint density at radius 1 is 0.848 bits per heavy atom. The number of hydrogen-bond acceptors (Lipinski definition) is 11. The number of halogens is 1. The summed E-state index contributed by atoms with van der Waals surface area (Å²) >= 11 is 3.15. The molecule has 1 aliphatic heterocycles. The van der Waals surface area contributed by atoms with Crippen LogP contribution < -0.4 is 11.5 Å². The van der Waals surface area contributed by atoms with Crippen LogP contribution in [0.1, 0.15) is 26.3 Å². The molecular formula is C18H26B3BrN4O7. The molecule has 0 aromatic carbocycles. The molecule has 176 valence electrons. The number of pyridine rings is 2. The molecule has 0 saturated carbocycles. The minimum Gasteiger partial charge on any atom is -0.465 e. The molecule has 33 heavy (non-hydrogen) atoms. The van der Waals surface area contributed by atoms with Crippen molar-refractivity contribution in [2.24, 2.45) is 0 Å². The van der Waals surface area contributed by atoms with Crippen LogP contribution in [0.5, 0.6) is 0 Å². The van der Waals surface area contributed by atoms with Crippen LogP contribution in [0.25, 0.3) is 0 Å². The molecule has 2 aromatic heterocycles. The van der Waals surface area contributed by atoms with Gasteiger partial charge in [-0.2, -0.15) is 0 Å². The summed E-state index contributed by atoms with van der Waals surface area (Å²) in [7, 11) is 2.24. The van der Waals surface area contributed by atoms with Gasteiger partial charge >= 0.3 is 33.3 Å². The molecule has 4 N–H and O–H groups in total. The van der Waals surface area contributed by atoms with Crippen LogP contribution in [-0.2, 0) is 23.2 Å². The number of methoxy groups -OCH3 is 2. The van der Waals surface area contributed by atoms with Gasteiger partial charge in [0, 0.05) is 12.4 Å². The summed E-state index contributed by atoms with van der Waals surface area (Å²) in [6.45, 7) is 7.35. The van der Waals surface area contributed by atoms with Crippen LogP contribution in [0.4, 0.5) is 11.6 Å². The van der Waals surface area contributed by atoms with Crippen molar-refractivity contribution in [1.82, 2.24) is 9.97 Å². The summed E-state index contributed by atoms with van der Waals surface area (Å²) in [6.07, 6.45) is 3.00. The highest BCUT2D eigenvalue weighted by Crippen LogP contribution is 2.17. The highest BCUT2D eigenvalue weighted by atomic mass is 79.9. The van der Waals surface area contributed by atoms with Crippen LogP contribution in [0.15, 0.2) is 29.0 Å². The van der Waals surface area contributed by atoms with E-state index in [2.05, 4.69) is 35.4 Å². The number of nitrogen functional groups attached to an aromatic ring is 2. The lowest BCUT2D eigenvalue weighted by Gasteiger charge is -2.25. The van der Waals surface area contributed by atoms with E-state index in [0.29, 0.717) is 27.2 Å². The summed E-state index contributed by atoms with van der Waals surface area (Å²) in [5.74, 6) is -0.211. The first-order chi connectivity index (χ1) is 15.5. The van der Waals surface area contributed by atoms with Crippen molar-refractivity contribution in [1.29, 1.82) is 0 Å². The molecule has 1 saturated heterocycles. The zero-order valence-corrected chi connectivity index (χ0v) is 20.9. The lowest BCUT2D eigenvalue weighted by Crippen LogP contribution is -2.44. The van der Waals surface area contributed by atoms with Crippen LogP contribution in [0, 0.1) is 6.92 Å². The molecule has 3 heterocycles. The zero-order valence-electron chi connectivity index (χ0n) is 19.3. The van der Waals surface area contributed by atoms with Gasteiger partial charge in [-0.1, -0.05) is 0 Å².